The minimum atomic E-state index is -0.442. The summed E-state index contributed by atoms with van der Waals surface area (Å²) in [5.41, 5.74) is 6.31. The smallest absolute Gasteiger partial charge is 0.126 e. The molecule has 3 N–H and O–H groups in total. The van der Waals surface area contributed by atoms with Gasteiger partial charge in [-0.1, -0.05) is 6.42 Å². The van der Waals surface area contributed by atoms with E-state index in [1.54, 1.807) is 19.1 Å². The Hall–Kier alpha value is -1.13. The topological polar surface area (TPSA) is 55.5 Å². The van der Waals surface area contributed by atoms with Gasteiger partial charge in [-0.05, 0) is 55.9 Å². The second kappa shape index (κ2) is 5.88. The first kappa shape index (κ1) is 14.3. The molecule has 0 aliphatic heterocycles. The first-order chi connectivity index (χ1) is 9.05. The zero-order valence-electron chi connectivity index (χ0n) is 11.4. The molecule has 2 unspecified atom stereocenters. The van der Waals surface area contributed by atoms with Crippen LogP contribution in [0.4, 0.5) is 4.39 Å². The second-order valence-electron chi connectivity index (χ2n) is 5.53. The van der Waals surface area contributed by atoms with Gasteiger partial charge in [0, 0.05) is 5.54 Å². The van der Waals surface area contributed by atoms with Crippen LogP contribution in [-0.4, -0.2) is 23.9 Å². The third-order valence-electron chi connectivity index (χ3n) is 4.17. The molecule has 3 nitrogen and oxygen atoms in total. The highest BCUT2D eigenvalue weighted by Crippen LogP contribution is 2.35. The molecule has 0 bridgehead atoms. The standard InChI is InChI=1S/C15H22FNO2/c1-11-9-13(4-5-14(11)16)19-8-6-12-3-2-7-15(12,17)10-18/h4-5,9,12,18H,2-3,6-8,10,17H2,1H3. The molecule has 0 radical (unpaired) electrons. The van der Waals surface area contributed by atoms with Gasteiger partial charge >= 0.3 is 0 Å². The number of benzene rings is 1. The minimum Gasteiger partial charge on any atom is -0.494 e. The highest BCUT2D eigenvalue weighted by molar-refractivity contribution is 5.28. The van der Waals surface area contributed by atoms with Gasteiger partial charge in [0.05, 0.1) is 13.2 Å². The van der Waals surface area contributed by atoms with Gasteiger partial charge in [0.25, 0.3) is 0 Å². The summed E-state index contributed by atoms with van der Waals surface area (Å²) < 4.78 is 18.8. The lowest BCUT2D eigenvalue weighted by molar-refractivity contribution is 0.143. The van der Waals surface area contributed by atoms with Crippen molar-refractivity contribution >= 4 is 0 Å². The predicted molar refractivity (Wildman–Crippen MR) is 72.6 cm³/mol. The lowest BCUT2D eigenvalue weighted by Gasteiger charge is -2.29. The van der Waals surface area contributed by atoms with Crippen molar-refractivity contribution in [2.24, 2.45) is 11.7 Å². The fraction of sp³-hybridized carbons (Fsp3) is 0.600. The summed E-state index contributed by atoms with van der Waals surface area (Å²) in [5.74, 6) is 0.770. The molecule has 0 saturated heterocycles. The molecule has 1 aliphatic carbocycles. The molecule has 106 valence electrons. The van der Waals surface area contributed by atoms with E-state index in [1.807, 2.05) is 0 Å². The predicted octanol–water partition coefficient (Wildman–Crippen LogP) is 2.39. The van der Waals surface area contributed by atoms with Crippen LogP contribution in [-0.2, 0) is 0 Å². The van der Waals surface area contributed by atoms with Gasteiger partial charge in [-0.3, -0.25) is 0 Å². The molecule has 1 fully saturated rings. The van der Waals surface area contributed by atoms with E-state index in [2.05, 4.69) is 0 Å². The first-order valence-corrected chi connectivity index (χ1v) is 6.84. The van der Waals surface area contributed by atoms with Crippen molar-refractivity contribution in [1.82, 2.24) is 0 Å². The monoisotopic (exact) mass is 267 g/mol. The quantitative estimate of drug-likeness (QED) is 0.861. The number of halogens is 1. The molecule has 19 heavy (non-hydrogen) atoms. The first-order valence-electron chi connectivity index (χ1n) is 6.84. The summed E-state index contributed by atoms with van der Waals surface area (Å²) in [4.78, 5) is 0. The Morgan fingerprint density at radius 1 is 1.53 bits per heavy atom. The highest BCUT2D eigenvalue weighted by Gasteiger charge is 2.38. The van der Waals surface area contributed by atoms with Crippen molar-refractivity contribution in [3.63, 3.8) is 0 Å². The Labute approximate surface area is 113 Å². The molecule has 1 aliphatic rings. The largest absolute Gasteiger partial charge is 0.494 e. The summed E-state index contributed by atoms with van der Waals surface area (Å²) in [5, 5.41) is 9.37. The number of nitrogens with two attached hydrogens (primary N) is 1. The summed E-state index contributed by atoms with van der Waals surface area (Å²) >= 11 is 0. The third-order valence-corrected chi connectivity index (χ3v) is 4.17. The molecule has 1 aromatic carbocycles. The van der Waals surface area contributed by atoms with Crippen molar-refractivity contribution in [2.75, 3.05) is 13.2 Å². The number of rotatable bonds is 5. The Morgan fingerprint density at radius 3 is 3.00 bits per heavy atom. The maximum atomic E-state index is 13.1. The van der Waals surface area contributed by atoms with Crippen LogP contribution in [0.15, 0.2) is 18.2 Å². The normalized spacial score (nSPS) is 26.6. The number of aliphatic hydroxyl groups excluding tert-OH is 1. The third kappa shape index (κ3) is 3.25. The van der Waals surface area contributed by atoms with Crippen molar-refractivity contribution in [2.45, 2.75) is 38.1 Å². The number of hydrogen-bond donors (Lipinski definition) is 2. The van der Waals surface area contributed by atoms with Crippen LogP contribution in [0.3, 0.4) is 0 Å². The number of hydrogen-bond acceptors (Lipinski definition) is 3. The zero-order valence-corrected chi connectivity index (χ0v) is 11.4. The number of aryl methyl sites for hydroxylation is 1. The maximum absolute atomic E-state index is 13.1. The van der Waals surface area contributed by atoms with Crippen LogP contribution in [0.25, 0.3) is 0 Å². The minimum absolute atomic E-state index is 0.0350. The summed E-state index contributed by atoms with van der Waals surface area (Å²) in [7, 11) is 0. The van der Waals surface area contributed by atoms with Crippen LogP contribution in [0.2, 0.25) is 0 Å². The van der Waals surface area contributed by atoms with Crippen molar-refractivity contribution in [3.8, 4) is 5.75 Å². The van der Waals surface area contributed by atoms with Gasteiger partial charge in [0.15, 0.2) is 0 Å². The second-order valence-corrected chi connectivity index (χ2v) is 5.53. The van der Waals surface area contributed by atoms with Crippen LogP contribution >= 0.6 is 0 Å². The molecule has 2 atom stereocenters. The van der Waals surface area contributed by atoms with E-state index in [0.717, 1.165) is 25.7 Å². The summed E-state index contributed by atoms with van der Waals surface area (Å²) in [6, 6.07) is 4.76. The van der Waals surface area contributed by atoms with Crippen LogP contribution < -0.4 is 10.5 Å². The van der Waals surface area contributed by atoms with Crippen molar-refractivity contribution in [1.29, 1.82) is 0 Å². The van der Waals surface area contributed by atoms with Gasteiger partial charge in [-0.25, -0.2) is 4.39 Å². The molecule has 1 saturated carbocycles. The Morgan fingerprint density at radius 2 is 2.32 bits per heavy atom. The van der Waals surface area contributed by atoms with E-state index in [4.69, 9.17) is 10.5 Å². The van der Waals surface area contributed by atoms with Gasteiger partial charge in [0.2, 0.25) is 0 Å². The highest BCUT2D eigenvalue weighted by atomic mass is 19.1. The summed E-state index contributed by atoms with van der Waals surface area (Å²) in [6.45, 7) is 2.30. The molecule has 0 heterocycles. The van der Waals surface area contributed by atoms with Crippen molar-refractivity contribution < 1.29 is 14.2 Å². The number of ether oxygens (including phenoxy) is 1. The van der Waals surface area contributed by atoms with E-state index in [-0.39, 0.29) is 12.4 Å². The Bertz CT molecular complexity index is 438. The SMILES string of the molecule is Cc1cc(OCCC2CCCC2(N)CO)ccc1F. The molecule has 4 heteroatoms. The lowest BCUT2D eigenvalue weighted by Crippen LogP contribution is -2.47. The number of aliphatic hydroxyl groups is 1. The van der Waals surface area contributed by atoms with E-state index < -0.39 is 5.54 Å². The Kier molecular flexibility index (Phi) is 4.42. The van der Waals surface area contributed by atoms with Gasteiger partial charge in [-0.15, -0.1) is 0 Å². The van der Waals surface area contributed by atoms with E-state index in [9.17, 15) is 9.50 Å². The Balaban J connectivity index is 1.85. The molecular weight excluding hydrogens is 245 g/mol. The lowest BCUT2D eigenvalue weighted by atomic mass is 9.87. The average Bonchev–Trinajstić information content (AvgIpc) is 2.76. The maximum Gasteiger partial charge on any atom is 0.126 e. The molecule has 2 rings (SSSR count). The van der Waals surface area contributed by atoms with Crippen LogP contribution in [0.1, 0.15) is 31.2 Å². The fourth-order valence-electron chi connectivity index (χ4n) is 2.84. The zero-order chi connectivity index (χ0) is 13.9. The van der Waals surface area contributed by atoms with Gasteiger partial charge < -0.3 is 15.6 Å². The van der Waals surface area contributed by atoms with Crippen LogP contribution in [0, 0.1) is 18.7 Å². The van der Waals surface area contributed by atoms with Crippen molar-refractivity contribution in [3.05, 3.63) is 29.6 Å². The fourth-order valence-corrected chi connectivity index (χ4v) is 2.84. The van der Waals surface area contributed by atoms with Gasteiger partial charge in [0.1, 0.15) is 11.6 Å². The van der Waals surface area contributed by atoms with E-state index in [1.165, 1.54) is 6.07 Å². The van der Waals surface area contributed by atoms with E-state index in [0.29, 0.717) is 23.8 Å². The molecule has 0 aromatic heterocycles. The molecular formula is C15H22FNO2. The molecule has 0 spiro atoms. The summed E-state index contributed by atoms with van der Waals surface area (Å²) in [6.07, 6.45) is 3.82. The molecule has 1 aromatic rings. The van der Waals surface area contributed by atoms with Crippen LogP contribution in [0.5, 0.6) is 5.75 Å². The van der Waals surface area contributed by atoms with E-state index >= 15 is 0 Å². The average molecular weight is 267 g/mol. The molecule has 0 amide bonds. The van der Waals surface area contributed by atoms with Gasteiger partial charge in [-0.2, -0.15) is 0 Å².